The minimum absolute atomic E-state index is 0. The van der Waals surface area contributed by atoms with Crippen LogP contribution in [0, 0.1) is 0 Å². The van der Waals surface area contributed by atoms with Gasteiger partial charge in [0.15, 0.2) is 0 Å². The molecule has 0 spiro atoms. The van der Waals surface area contributed by atoms with E-state index in [1.807, 2.05) is 6.07 Å². The van der Waals surface area contributed by atoms with Gasteiger partial charge in [-0.25, -0.2) is 0 Å². The van der Waals surface area contributed by atoms with Crippen LogP contribution < -0.4 is 5.73 Å². The summed E-state index contributed by atoms with van der Waals surface area (Å²) >= 11 is 4.14. The molecule has 0 amide bonds. The fourth-order valence-corrected chi connectivity index (χ4v) is 1.27. The van der Waals surface area contributed by atoms with Crippen molar-refractivity contribution in [3.63, 3.8) is 0 Å². The van der Waals surface area contributed by atoms with Gasteiger partial charge in [0, 0.05) is 11.8 Å². The minimum Gasteiger partial charge on any atom is -0.327 e. The van der Waals surface area contributed by atoms with Crippen LogP contribution in [-0.4, -0.2) is 11.8 Å². The van der Waals surface area contributed by atoms with E-state index in [1.54, 1.807) is 0 Å². The number of thiol groups is 1. The Morgan fingerprint density at radius 2 is 1.85 bits per heavy atom. The first kappa shape index (κ1) is 12.8. The van der Waals surface area contributed by atoms with E-state index < -0.39 is 0 Å². The van der Waals surface area contributed by atoms with E-state index in [0.717, 1.165) is 18.6 Å². The number of rotatable bonds is 4. The van der Waals surface area contributed by atoms with E-state index in [1.165, 1.54) is 5.56 Å². The molecule has 0 radical (unpaired) electrons. The van der Waals surface area contributed by atoms with Crippen molar-refractivity contribution in [3.05, 3.63) is 35.9 Å². The molecule has 0 saturated carbocycles. The highest BCUT2D eigenvalue weighted by Crippen LogP contribution is 2.04. The summed E-state index contributed by atoms with van der Waals surface area (Å²) in [6, 6.07) is 10.6. The third-order valence-electron chi connectivity index (χ3n) is 1.88. The van der Waals surface area contributed by atoms with Gasteiger partial charge in [-0.2, -0.15) is 12.6 Å². The monoisotopic (exact) mass is 217 g/mol. The maximum absolute atomic E-state index is 5.74. The van der Waals surface area contributed by atoms with Gasteiger partial charge in [0.2, 0.25) is 0 Å². The molecule has 0 unspecified atom stereocenters. The number of aryl methyl sites for hydroxylation is 1. The Hall–Kier alpha value is -0.180. The molecule has 1 nitrogen and oxygen atoms in total. The van der Waals surface area contributed by atoms with Crippen molar-refractivity contribution in [2.45, 2.75) is 18.9 Å². The standard InChI is InChI=1S/C10H15NS.ClH/c11-10(8-12)7-6-9-4-2-1-3-5-9;/h1-5,10,12H,6-8,11H2;1H/t10-;/m0./s1. The van der Waals surface area contributed by atoms with Crippen molar-refractivity contribution in [2.75, 3.05) is 5.75 Å². The van der Waals surface area contributed by atoms with Crippen LogP contribution in [0.2, 0.25) is 0 Å². The third-order valence-corrected chi connectivity index (χ3v) is 2.35. The van der Waals surface area contributed by atoms with Crippen molar-refractivity contribution in [3.8, 4) is 0 Å². The highest BCUT2D eigenvalue weighted by Gasteiger charge is 1.99. The normalized spacial score (nSPS) is 11.8. The van der Waals surface area contributed by atoms with E-state index >= 15 is 0 Å². The first-order chi connectivity index (χ1) is 5.83. The molecule has 0 aliphatic heterocycles. The quantitative estimate of drug-likeness (QED) is 0.744. The van der Waals surface area contributed by atoms with Gasteiger partial charge >= 0.3 is 0 Å². The Kier molecular flexibility index (Phi) is 7.14. The molecule has 0 heterocycles. The molecule has 74 valence electrons. The molecule has 1 aromatic carbocycles. The second-order valence-corrected chi connectivity index (χ2v) is 3.33. The summed E-state index contributed by atoms with van der Waals surface area (Å²) < 4.78 is 0. The molecule has 2 N–H and O–H groups in total. The Morgan fingerprint density at radius 1 is 1.23 bits per heavy atom. The summed E-state index contributed by atoms with van der Waals surface area (Å²) in [6.45, 7) is 0. The topological polar surface area (TPSA) is 26.0 Å². The van der Waals surface area contributed by atoms with Crippen LogP contribution in [-0.2, 0) is 6.42 Å². The van der Waals surface area contributed by atoms with Crippen LogP contribution in [0.5, 0.6) is 0 Å². The summed E-state index contributed by atoms with van der Waals surface area (Å²) in [6.07, 6.45) is 2.08. The van der Waals surface area contributed by atoms with Crippen LogP contribution in [0.25, 0.3) is 0 Å². The molecule has 0 aromatic heterocycles. The van der Waals surface area contributed by atoms with Crippen LogP contribution in [0.4, 0.5) is 0 Å². The molecule has 0 aliphatic rings. The molecule has 0 aliphatic carbocycles. The predicted molar refractivity (Wildman–Crippen MR) is 63.8 cm³/mol. The van der Waals surface area contributed by atoms with Gasteiger partial charge in [-0.15, -0.1) is 12.4 Å². The van der Waals surface area contributed by atoms with E-state index in [4.69, 9.17) is 5.73 Å². The van der Waals surface area contributed by atoms with E-state index in [-0.39, 0.29) is 18.4 Å². The largest absolute Gasteiger partial charge is 0.327 e. The lowest BCUT2D eigenvalue weighted by molar-refractivity contribution is 0.676. The Bertz CT molecular complexity index is 215. The second-order valence-electron chi connectivity index (χ2n) is 2.97. The van der Waals surface area contributed by atoms with E-state index in [0.29, 0.717) is 0 Å². The molecule has 1 rings (SSSR count). The highest BCUT2D eigenvalue weighted by molar-refractivity contribution is 7.80. The average Bonchev–Trinajstić information content (AvgIpc) is 2.16. The number of hydrogen-bond acceptors (Lipinski definition) is 2. The Morgan fingerprint density at radius 3 is 2.38 bits per heavy atom. The SMILES string of the molecule is Cl.N[C@H](CS)CCc1ccccc1. The van der Waals surface area contributed by atoms with Crippen LogP contribution >= 0.6 is 25.0 Å². The summed E-state index contributed by atoms with van der Waals surface area (Å²) in [4.78, 5) is 0. The van der Waals surface area contributed by atoms with Crippen molar-refractivity contribution in [1.82, 2.24) is 0 Å². The molecule has 1 aromatic rings. The minimum atomic E-state index is 0. The summed E-state index contributed by atoms with van der Waals surface area (Å²) in [5.74, 6) is 0.771. The number of nitrogens with two attached hydrogens (primary N) is 1. The summed E-state index contributed by atoms with van der Waals surface area (Å²) in [5, 5.41) is 0. The van der Waals surface area contributed by atoms with Crippen molar-refractivity contribution >= 4 is 25.0 Å². The van der Waals surface area contributed by atoms with Crippen LogP contribution in [0.15, 0.2) is 30.3 Å². The number of halogens is 1. The smallest absolute Gasteiger partial charge is 0.0131 e. The van der Waals surface area contributed by atoms with E-state index in [2.05, 4.69) is 36.9 Å². The van der Waals surface area contributed by atoms with Crippen molar-refractivity contribution in [1.29, 1.82) is 0 Å². The van der Waals surface area contributed by atoms with Gasteiger partial charge in [0.25, 0.3) is 0 Å². The lowest BCUT2D eigenvalue weighted by atomic mass is 10.1. The first-order valence-electron chi connectivity index (χ1n) is 4.23. The van der Waals surface area contributed by atoms with Gasteiger partial charge in [-0.1, -0.05) is 30.3 Å². The molecular weight excluding hydrogens is 202 g/mol. The maximum Gasteiger partial charge on any atom is 0.0131 e. The predicted octanol–water partition coefficient (Wildman–Crippen LogP) is 2.30. The number of hydrogen-bond donors (Lipinski definition) is 2. The van der Waals surface area contributed by atoms with Crippen LogP contribution in [0.3, 0.4) is 0 Å². The zero-order chi connectivity index (χ0) is 8.81. The van der Waals surface area contributed by atoms with Gasteiger partial charge in [-0.3, -0.25) is 0 Å². The zero-order valence-electron chi connectivity index (χ0n) is 7.52. The van der Waals surface area contributed by atoms with E-state index in [9.17, 15) is 0 Å². The average molecular weight is 218 g/mol. The lowest BCUT2D eigenvalue weighted by Crippen LogP contribution is -2.22. The second kappa shape index (κ2) is 7.25. The third kappa shape index (κ3) is 5.19. The molecular formula is C10H16ClNS. The maximum atomic E-state index is 5.74. The lowest BCUT2D eigenvalue weighted by Gasteiger charge is -2.06. The number of benzene rings is 1. The first-order valence-corrected chi connectivity index (χ1v) is 4.86. The fraction of sp³-hybridized carbons (Fsp3) is 0.400. The molecule has 1 atom stereocenters. The van der Waals surface area contributed by atoms with Crippen molar-refractivity contribution < 1.29 is 0 Å². The van der Waals surface area contributed by atoms with Gasteiger partial charge < -0.3 is 5.73 Å². The Labute approximate surface area is 91.5 Å². The highest BCUT2D eigenvalue weighted by atomic mass is 35.5. The molecule has 3 heteroatoms. The zero-order valence-corrected chi connectivity index (χ0v) is 9.23. The van der Waals surface area contributed by atoms with Gasteiger partial charge in [-0.05, 0) is 18.4 Å². The van der Waals surface area contributed by atoms with Crippen LogP contribution in [0.1, 0.15) is 12.0 Å². The summed E-state index contributed by atoms with van der Waals surface area (Å²) in [7, 11) is 0. The van der Waals surface area contributed by atoms with Gasteiger partial charge in [0.1, 0.15) is 0 Å². The molecule has 0 saturated heterocycles. The molecule has 13 heavy (non-hydrogen) atoms. The van der Waals surface area contributed by atoms with Gasteiger partial charge in [0.05, 0.1) is 0 Å². The summed E-state index contributed by atoms with van der Waals surface area (Å²) in [5.41, 5.74) is 7.10. The van der Waals surface area contributed by atoms with Crippen molar-refractivity contribution in [2.24, 2.45) is 5.73 Å². The Balaban J connectivity index is 0.00000144. The fourth-order valence-electron chi connectivity index (χ4n) is 1.09. The molecule has 0 bridgehead atoms. The molecule has 0 fully saturated rings.